The van der Waals surface area contributed by atoms with Gasteiger partial charge < -0.3 is 0 Å². The van der Waals surface area contributed by atoms with Crippen LogP contribution in [0.25, 0.3) is 76.2 Å². The molecule has 7 aromatic carbocycles. The first kappa shape index (κ1) is 44.0. The van der Waals surface area contributed by atoms with Gasteiger partial charge in [0, 0.05) is 0 Å². The van der Waals surface area contributed by atoms with E-state index in [0.29, 0.717) is 0 Å². The molecule has 0 radical (unpaired) electrons. The van der Waals surface area contributed by atoms with E-state index in [9.17, 15) is 0 Å². The van der Waals surface area contributed by atoms with E-state index < -0.39 is 0 Å². The number of rotatable bonds is 0. The average molecular weight is 1040 g/mol. The van der Waals surface area contributed by atoms with Gasteiger partial charge in [-0.05, 0) is 0 Å². The molecule has 7 heterocycles. The van der Waals surface area contributed by atoms with Crippen LogP contribution in [-0.4, -0.2) is 45.4 Å². The third-order valence-electron chi connectivity index (χ3n) is 17.4. The molecule has 70 heavy (non-hydrogen) atoms. The molecule has 0 atom stereocenters. The molecule has 350 valence electrons. The van der Waals surface area contributed by atoms with Crippen molar-refractivity contribution in [1.82, 2.24) is 8.80 Å². The molecule has 0 aliphatic carbocycles. The Morgan fingerprint density at radius 1 is 0.357 bits per heavy atom. The second-order valence-electron chi connectivity index (χ2n) is 27.5. The Morgan fingerprint density at radius 3 is 1.06 bits per heavy atom. The molecule has 0 N–H and O–H groups in total. The molecule has 0 saturated heterocycles. The molecular weight excluding hydrogens is 977 g/mol. The van der Waals surface area contributed by atoms with Crippen molar-refractivity contribution in [2.75, 3.05) is 0 Å². The molecule has 11 aromatic rings. The summed E-state index contributed by atoms with van der Waals surface area (Å²) in [5, 5.41) is 11.4. The van der Waals surface area contributed by atoms with Gasteiger partial charge in [-0.2, -0.15) is 0 Å². The van der Waals surface area contributed by atoms with E-state index in [1.54, 1.807) is 45.4 Å². The van der Waals surface area contributed by atoms with Crippen molar-refractivity contribution >= 4 is 147 Å². The zero-order valence-electron chi connectivity index (χ0n) is 44.4. The fraction of sp³-hybridized carbons (Fsp3) is 0.354. The number of benzene rings is 7. The summed E-state index contributed by atoms with van der Waals surface area (Å²) in [7, 11) is 0. The number of hydrogen-bond acceptors (Lipinski definition) is 0. The first-order valence-electron chi connectivity index (χ1n) is 25.9. The molecule has 0 spiro atoms. The molecule has 4 aromatic heterocycles. The number of nitrogens with zero attached hydrogens (tertiary/aromatic N) is 2. The van der Waals surface area contributed by atoms with Crippen LogP contribution in [0.5, 0.6) is 0 Å². The zero-order chi connectivity index (χ0) is 49.2. The predicted octanol–water partition coefficient (Wildman–Crippen LogP) is 11.6. The molecule has 0 amide bonds. The normalized spacial score (nSPS) is 16.0. The third-order valence-corrected chi connectivity index (χ3v) is 22.0. The van der Waals surface area contributed by atoms with Crippen LogP contribution in [0.3, 0.4) is 0 Å². The second-order valence-corrected chi connectivity index (χ2v) is 32.0. The van der Waals surface area contributed by atoms with Gasteiger partial charge in [-0.15, -0.1) is 0 Å². The molecule has 0 unspecified atom stereocenters. The van der Waals surface area contributed by atoms with Crippen LogP contribution in [0.4, 0.5) is 0 Å². The number of hydrogen-bond donors (Lipinski definition) is 0. The Morgan fingerprint density at radius 2 is 0.686 bits per heavy atom. The molecule has 0 fully saturated rings. The van der Waals surface area contributed by atoms with Crippen LogP contribution in [0.15, 0.2) is 84.9 Å². The minimum atomic E-state index is -0.305. The van der Waals surface area contributed by atoms with Gasteiger partial charge in [0.2, 0.25) is 0 Å². The van der Waals surface area contributed by atoms with Gasteiger partial charge in [0.25, 0.3) is 0 Å². The summed E-state index contributed by atoms with van der Waals surface area (Å²) in [6.07, 6.45) is 0. The molecular formula is C65H65BN2Se2. The quantitative estimate of drug-likeness (QED) is 0.134. The van der Waals surface area contributed by atoms with Crippen LogP contribution in [0.2, 0.25) is 0 Å². The van der Waals surface area contributed by atoms with Gasteiger partial charge in [0.05, 0.1) is 0 Å². The van der Waals surface area contributed by atoms with E-state index in [1.807, 2.05) is 0 Å². The summed E-state index contributed by atoms with van der Waals surface area (Å²) in [5.41, 5.74) is 23.3. The van der Waals surface area contributed by atoms with Crippen molar-refractivity contribution in [1.29, 1.82) is 0 Å². The van der Waals surface area contributed by atoms with E-state index >= 15 is 0 Å². The Kier molecular flexibility index (Phi) is 8.21. The third kappa shape index (κ3) is 5.49. The first-order chi connectivity index (χ1) is 32.6. The minimum absolute atomic E-state index is 0.0205. The van der Waals surface area contributed by atoms with Crippen LogP contribution in [0, 0.1) is 0 Å². The van der Waals surface area contributed by atoms with Crippen LogP contribution in [-0.2, 0) is 32.5 Å². The van der Waals surface area contributed by atoms with E-state index in [2.05, 4.69) is 211 Å². The van der Waals surface area contributed by atoms with Crippen LogP contribution >= 0.6 is 0 Å². The molecule has 3 aliphatic heterocycles. The fourth-order valence-corrected chi connectivity index (χ4v) is 19.1. The summed E-state index contributed by atoms with van der Waals surface area (Å²) in [5.74, 6) is 0. The number of aromatic nitrogens is 2. The van der Waals surface area contributed by atoms with Crippen LogP contribution in [0.1, 0.15) is 157 Å². The summed E-state index contributed by atoms with van der Waals surface area (Å²) in [4.78, 5) is 0. The van der Waals surface area contributed by atoms with Crippen molar-refractivity contribution < 1.29 is 0 Å². The van der Waals surface area contributed by atoms with E-state index in [0.717, 1.165) is 0 Å². The van der Waals surface area contributed by atoms with Crippen molar-refractivity contribution in [2.24, 2.45) is 0 Å². The van der Waals surface area contributed by atoms with Crippen molar-refractivity contribution in [2.45, 2.75) is 150 Å². The van der Waals surface area contributed by atoms with E-state index in [-0.39, 0.29) is 69.1 Å². The van der Waals surface area contributed by atoms with Crippen molar-refractivity contribution in [3.63, 3.8) is 0 Å². The summed E-state index contributed by atoms with van der Waals surface area (Å²) in [6.45, 7) is 41.3. The first-order valence-corrected chi connectivity index (χ1v) is 29.3. The maximum atomic E-state index is 2.71. The van der Waals surface area contributed by atoms with Crippen LogP contribution < -0.4 is 34.2 Å². The van der Waals surface area contributed by atoms with E-state index in [4.69, 9.17) is 0 Å². The fourth-order valence-electron chi connectivity index (χ4n) is 13.5. The zero-order valence-corrected chi connectivity index (χ0v) is 47.8. The molecule has 0 bridgehead atoms. The summed E-state index contributed by atoms with van der Waals surface area (Å²) >= 11 is 0.310. The van der Waals surface area contributed by atoms with Gasteiger partial charge in [-0.1, -0.05) is 0 Å². The molecule has 0 saturated carbocycles. The van der Waals surface area contributed by atoms with Crippen molar-refractivity contribution in [3.05, 3.63) is 124 Å². The standard InChI is InChI=1S/C65H65BN2Se2/c1-60(2,3)32-18-20-43-37(22-32)39-24-34(62(7,8)9)26-41-51-45(67(43)58(39)41)30-49-56-53(51)65(16,17)54-52-42-27-35(63(10,11)12)25-40-38-23-33(61(4,5)6)19-21-44(38)68(59(40)42)46(52)31-50-57(54)66(56)55-47(69-49)28-36(64(13,14)15)29-48(55)70-50/h18-31H,1-17H3. The Hall–Kier alpha value is -4.76. The molecule has 5 heteroatoms. The Balaban J connectivity index is 1.20. The van der Waals surface area contributed by atoms with Gasteiger partial charge in [0.15, 0.2) is 0 Å². The van der Waals surface area contributed by atoms with Gasteiger partial charge in [-0.3, -0.25) is 0 Å². The second kappa shape index (κ2) is 13.1. The van der Waals surface area contributed by atoms with E-state index in [1.165, 1.54) is 104 Å². The summed E-state index contributed by atoms with van der Waals surface area (Å²) in [6, 6.07) is 35.9. The monoisotopic (exact) mass is 1040 g/mol. The molecule has 2 nitrogen and oxygen atoms in total. The van der Waals surface area contributed by atoms with Gasteiger partial charge >= 0.3 is 430 Å². The molecule has 3 aliphatic rings. The SMILES string of the molecule is CC(C)(C)c1cc2c3c(c1)[Se]c1cc4c(c5c1B3c1c(cc3c(c1C5(C)C)c1cc(C(C)(C)C)cc5c6cc(C(C)(C)C)ccc6n3c51)[Se]2)c1cc(C(C)(C)C)cc2c3cc(C(C)(C)C)ccc3n4c21. The number of fused-ring (bicyclic) bond motifs is 14. The van der Waals surface area contributed by atoms with Gasteiger partial charge in [0.1, 0.15) is 0 Å². The maximum absolute atomic E-state index is 2.71. The predicted molar refractivity (Wildman–Crippen MR) is 309 cm³/mol. The Labute approximate surface area is 427 Å². The van der Waals surface area contributed by atoms with Gasteiger partial charge in [-0.25, -0.2) is 0 Å². The molecule has 14 rings (SSSR count). The topological polar surface area (TPSA) is 8.82 Å². The Bertz CT molecular complexity index is 3950. The van der Waals surface area contributed by atoms with Crippen molar-refractivity contribution in [3.8, 4) is 0 Å². The average Bonchev–Trinajstić information content (AvgIpc) is 3.98. The summed E-state index contributed by atoms with van der Waals surface area (Å²) < 4.78 is 11.8.